The molecule has 0 fully saturated rings. The van der Waals surface area contributed by atoms with E-state index in [9.17, 15) is 0 Å². The van der Waals surface area contributed by atoms with Gasteiger partial charge in [0.05, 0.1) is 0 Å². The van der Waals surface area contributed by atoms with Gasteiger partial charge in [-0.25, -0.2) is 0 Å². The van der Waals surface area contributed by atoms with Crippen molar-refractivity contribution in [3.8, 4) is 0 Å². The number of hydrogen-bond donors (Lipinski definition) is 1. The van der Waals surface area contributed by atoms with E-state index in [1.54, 1.807) is 0 Å². The van der Waals surface area contributed by atoms with E-state index in [-0.39, 0.29) is 0 Å². The van der Waals surface area contributed by atoms with E-state index in [1.165, 1.54) is 96.3 Å². The number of unbranched alkanes of at least 4 members (excludes halogenated alkanes) is 11. The molecule has 122 valence electrons. The Morgan fingerprint density at radius 2 is 0.900 bits per heavy atom. The molecule has 0 spiro atoms. The fourth-order valence-corrected chi connectivity index (χ4v) is 2.98. The Labute approximate surface area is 129 Å². The summed E-state index contributed by atoms with van der Waals surface area (Å²) in [6, 6.07) is 0. The van der Waals surface area contributed by atoms with E-state index in [0.29, 0.717) is 0 Å². The van der Waals surface area contributed by atoms with Crippen LogP contribution in [0.5, 0.6) is 0 Å². The van der Waals surface area contributed by atoms with Crippen LogP contribution in [0.2, 0.25) is 0 Å². The van der Waals surface area contributed by atoms with E-state index in [0.717, 1.165) is 12.5 Å². The lowest BCUT2D eigenvalue weighted by Gasteiger charge is -2.14. The number of rotatable bonds is 16. The number of hydrogen-bond acceptors (Lipinski definition) is 1. The molecular formula is C19H41N. The molecule has 1 heteroatoms. The zero-order valence-corrected chi connectivity index (χ0v) is 14.5. The van der Waals surface area contributed by atoms with Crippen molar-refractivity contribution in [1.82, 2.24) is 0 Å². The van der Waals surface area contributed by atoms with Crippen LogP contribution in [0.3, 0.4) is 0 Å². The van der Waals surface area contributed by atoms with Crippen LogP contribution < -0.4 is 5.73 Å². The highest BCUT2D eigenvalue weighted by Crippen LogP contribution is 2.18. The van der Waals surface area contributed by atoms with Crippen molar-refractivity contribution < 1.29 is 0 Å². The second kappa shape index (κ2) is 17.0. The van der Waals surface area contributed by atoms with Gasteiger partial charge in [0, 0.05) is 0 Å². The van der Waals surface area contributed by atoms with Crippen molar-refractivity contribution in [2.45, 2.75) is 110 Å². The molecule has 0 heterocycles. The van der Waals surface area contributed by atoms with E-state index in [4.69, 9.17) is 5.73 Å². The van der Waals surface area contributed by atoms with Gasteiger partial charge < -0.3 is 5.73 Å². The average molecular weight is 284 g/mol. The summed E-state index contributed by atoms with van der Waals surface area (Å²) in [6.45, 7) is 5.48. The predicted octanol–water partition coefficient (Wildman–Crippen LogP) is 6.45. The first-order valence-corrected chi connectivity index (χ1v) is 9.55. The van der Waals surface area contributed by atoms with Crippen LogP contribution in [0.4, 0.5) is 0 Å². The molecule has 0 aliphatic rings. The highest BCUT2D eigenvalue weighted by Gasteiger charge is 2.06. The third-order valence-electron chi connectivity index (χ3n) is 4.52. The smallest absolute Gasteiger partial charge is 0.00489 e. The van der Waals surface area contributed by atoms with Gasteiger partial charge in [0.25, 0.3) is 0 Å². The van der Waals surface area contributed by atoms with E-state index in [1.807, 2.05) is 0 Å². The molecule has 0 aromatic carbocycles. The molecule has 0 aromatic rings. The van der Waals surface area contributed by atoms with E-state index < -0.39 is 0 Å². The van der Waals surface area contributed by atoms with Gasteiger partial charge in [-0.1, -0.05) is 97.3 Å². The van der Waals surface area contributed by atoms with Gasteiger partial charge in [0.1, 0.15) is 0 Å². The summed E-state index contributed by atoms with van der Waals surface area (Å²) >= 11 is 0. The lowest BCUT2D eigenvalue weighted by atomic mass is 9.94. The van der Waals surface area contributed by atoms with E-state index >= 15 is 0 Å². The summed E-state index contributed by atoms with van der Waals surface area (Å²) in [6.07, 6.45) is 21.1. The summed E-state index contributed by atoms with van der Waals surface area (Å²) < 4.78 is 0. The summed E-state index contributed by atoms with van der Waals surface area (Å²) in [5, 5.41) is 0. The second-order valence-electron chi connectivity index (χ2n) is 6.57. The van der Waals surface area contributed by atoms with Crippen molar-refractivity contribution in [3.63, 3.8) is 0 Å². The molecule has 0 radical (unpaired) electrons. The van der Waals surface area contributed by atoms with Gasteiger partial charge in [-0.05, 0) is 25.3 Å². The Balaban J connectivity index is 3.28. The van der Waals surface area contributed by atoms with Crippen LogP contribution in [0.1, 0.15) is 110 Å². The molecule has 1 nitrogen and oxygen atoms in total. The van der Waals surface area contributed by atoms with Crippen LogP contribution in [-0.4, -0.2) is 6.54 Å². The maximum Gasteiger partial charge on any atom is -0.00489 e. The van der Waals surface area contributed by atoms with Gasteiger partial charge in [-0.2, -0.15) is 0 Å². The van der Waals surface area contributed by atoms with E-state index in [2.05, 4.69) is 13.8 Å². The van der Waals surface area contributed by atoms with Crippen LogP contribution in [-0.2, 0) is 0 Å². The first kappa shape index (κ1) is 20.0. The number of nitrogens with two attached hydrogens (primary N) is 1. The fourth-order valence-electron chi connectivity index (χ4n) is 2.98. The Hall–Kier alpha value is -0.0400. The Bertz CT molecular complexity index is 167. The van der Waals surface area contributed by atoms with Crippen LogP contribution in [0.25, 0.3) is 0 Å². The van der Waals surface area contributed by atoms with Crippen molar-refractivity contribution in [2.75, 3.05) is 6.54 Å². The predicted molar refractivity (Wildman–Crippen MR) is 93.1 cm³/mol. The lowest BCUT2D eigenvalue weighted by Crippen LogP contribution is -2.14. The van der Waals surface area contributed by atoms with Gasteiger partial charge >= 0.3 is 0 Å². The first-order chi connectivity index (χ1) is 9.85. The molecular weight excluding hydrogens is 242 g/mol. The normalized spacial score (nSPS) is 12.8. The lowest BCUT2D eigenvalue weighted by molar-refractivity contribution is 0.411. The SMILES string of the molecule is CCCCCCCCCCC(CN)CCCCCCC. The molecule has 20 heavy (non-hydrogen) atoms. The topological polar surface area (TPSA) is 26.0 Å². The molecule has 0 saturated carbocycles. The third kappa shape index (κ3) is 14.4. The minimum absolute atomic E-state index is 0.803. The molecule has 1 unspecified atom stereocenters. The Morgan fingerprint density at radius 1 is 0.550 bits per heavy atom. The molecule has 2 N–H and O–H groups in total. The summed E-state index contributed by atoms with van der Waals surface area (Å²) in [4.78, 5) is 0. The van der Waals surface area contributed by atoms with Gasteiger partial charge in [-0.15, -0.1) is 0 Å². The molecule has 1 atom stereocenters. The standard InChI is InChI=1S/C19H41N/c1-3-5-7-9-10-11-13-15-17-19(18-20)16-14-12-8-6-4-2/h19H,3-18,20H2,1-2H3. The maximum atomic E-state index is 5.91. The fraction of sp³-hybridized carbons (Fsp3) is 1.00. The van der Waals surface area contributed by atoms with Gasteiger partial charge in [0.15, 0.2) is 0 Å². The quantitative estimate of drug-likeness (QED) is 0.323. The van der Waals surface area contributed by atoms with Crippen LogP contribution in [0, 0.1) is 5.92 Å². The maximum absolute atomic E-state index is 5.91. The van der Waals surface area contributed by atoms with Crippen molar-refractivity contribution in [1.29, 1.82) is 0 Å². The zero-order chi connectivity index (χ0) is 14.9. The molecule has 0 bridgehead atoms. The second-order valence-corrected chi connectivity index (χ2v) is 6.57. The largest absolute Gasteiger partial charge is 0.330 e. The summed E-state index contributed by atoms with van der Waals surface area (Å²) in [5.41, 5.74) is 5.91. The van der Waals surface area contributed by atoms with Crippen molar-refractivity contribution in [3.05, 3.63) is 0 Å². The third-order valence-corrected chi connectivity index (χ3v) is 4.52. The molecule has 0 aromatic heterocycles. The van der Waals surface area contributed by atoms with Crippen molar-refractivity contribution >= 4 is 0 Å². The summed E-state index contributed by atoms with van der Waals surface area (Å²) in [7, 11) is 0. The molecule has 0 saturated heterocycles. The highest BCUT2D eigenvalue weighted by molar-refractivity contribution is 4.61. The van der Waals surface area contributed by atoms with Gasteiger partial charge in [-0.3, -0.25) is 0 Å². The molecule has 0 aliphatic carbocycles. The summed E-state index contributed by atoms with van der Waals surface area (Å²) in [5.74, 6) is 0.803. The first-order valence-electron chi connectivity index (χ1n) is 9.55. The van der Waals surface area contributed by atoms with Crippen molar-refractivity contribution in [2.24, 2.45) is 11.7 Å². The van der Waals surface area contributed by atoms with Crippen LogP contribution >= 0.6 is 0 Å². The molecule has 0 aliphatic heterocycles. The Kier molecular flexibility index (Phi) is 17.0. The monoisotopic (exact) mass is 283 g/mol. The average Bonchev–Trinajstić information content (AvgIpc) is 2.47. The molecule has 0 amide bonds. The zero-order valence-electron chi connectivity index (χ0n) is 14.5. The minimum atomic E-state index is 0.803. The van der Waals surface area contributed by atoms with Gasteiger partial charge in [0.2, 0.25) is 0 Å². The highest BCUT2D eigenvalue weighted by atomic mass is 14.5. The molecule has 0 rings (SSSR count). The van der Waals surface area contributed by atoms with Crippen LogP contribution in [0.15, 0.2) is 0 Å². The Morgan fingerprint density at radius 3 is 1.25 bits per heavy atom. The minimum Gasteiger partial charge on any atom is -0.330 e.